The predicted octanol–water partition coefficient (Wildman–Crippen LogP) is -1.51. The van der Waals surface area contributed by atoms with Gasteiger partial charge in [-0.25, -0.2) is 4.79 Å². The van der Waals surface area contributed by atoms with E-state index in [4.69, 9.17) is 10.8 Å². The summed E-state index contributed by atoms with van der Waals surface area (Å²) in [4.78, 5) is 35.5. The fraction of sp³-hybridized carbons (Fsp3) is 0.643. The molecule has 24 heavy (non-hydrogen) atoms. The number of aliphatic hydroxyl groups excluding tert-OH is 1. The summed E-state index contributed by atoms with van der Waals surface area (Å²) in [5.41, 5.74) is 5.55. The highest BCUT2D eigenvalue weighted by Gasteiger charge is 2.56. The number of β-lactam (4-membered cyclic amide) rings is 1. The van der Waals surface area contributed by atoms with E-state index in [-0.39, 0.29) is 17.9 Å². The van der Waals surface area contributed by atoms with Crippen molar-refractivity contribution in [2.75, 3.05) is 5.75 Å². The molecule has 0 bridgehead atoms. The number of amides is 1. The summed E-state index contributed by atoms with van der Waals surface area (Å²) in [6.45, 7) is 2.88. The van der Waals surface area contributed by atoms with Crippen molar-refractivity contribution < 1.29 is 33.9 Å². The molecule has 2 aliphatic rings. The number of carboxylic acid groups (broad SMARTS) is 2. The van der Waals surface area contributed by atoms with Crippen LogP contribution in [0.1, 0.15) is 20.3 Å². The maximum Gasteiger partial charge on any atom is 0.352 e. The van der Waals surface area contributed by atoms with E-state index in [1.807, 2.05) is 0 Å². The number of fused-ring (bicyclic) bond motifs is 1. The number of carboxylic acids is 2. The van der Waals surface area contributed by atoms with E-state index < -0.39 is 58.0 Å². The molecule has 0 aromatic heterocycles. The van der Waals surface area contributed by atoms with Crippen molar-refractivity contribution in [1.82, 2.24) is 4.90 Å². The second kappa shape index (κ2) is 6.61. The van der Waals surface area contributed by atoms with E-state index >= 15 is 0 Å². The van der Waals surface area contributed by atoms with Gasteiger partial charge in [0.1, 0.15) is 11.7 Å². The van der Waals surface area contributed by atoms with E-state index in [0.717, 1.165) is 4.90 Å². The third kappa shape index (κ3) is 2.96. The number of aliphatic carboxylic acids is 2. The number of nitrogens with zero attached hydrogens (tertiary/aromatic N) is 1. The van der Waals surface area contributed by atoms with E-state index in [2.05, 4.69) is 0 Å². The normalized spacial score (nSPS) is 28.0. The molecule has 1 fully saturated rings. The van der Waals surface area contributed by atoms with Crippen LogP contribution in [0, 0.1) is 5.92 Å². The number of carbonyl (C=O) groups is 3. The lowest BCUT2D eigenvalue weighted by Gasteiger charge is -2.44. The van der Waals surface area contributed by atoms with Crippen molar-refractivity contribution in [1.29, 1.82) is 0 Å². The maximum absolute atomic E-state index is 12.3. The number of hydrogen-bond acceptors (Lipinski definition) is 6. The summed E-state index contributed by atoms with van der Waals surface area (Å²) >= 11 is 0. The molecule has 6 unspecified atom stereocenters. The molecule has 2 heterocycles. The summed E-state index contributed by atoms with van der Waals surface area (Å²) in [6.07, 6.45) is -0.707. The molecule has 9 nitrogen and oxygen atoms in total. The van der Waals surface area contributed by atoms with Crippen LogP contribution in [0.25, 0.3) is 0 Å². The van der Waals surface area contributed by atoms with Crippen LogP contribution >= 0.6 is 0 Å². The molecular formula is C14H20N2O7S. The zero-order chi connectivity index (χ0) is 18.3. The Morgan fingerprint density at radius 2 is 1.96 bits per heavy atom. The molecule has 2 aliphatic heterocycles. The van der Waals surface area contributed by atoms with Gasteiger partial charge >= 0.3 is 11.9 Å². The molecule has 6 atom stereocenters. The van der Waals surface area contributed by atoms with Crippen LogP contribution in [-0.4, -0.2) is 71.5 Å². The minimum Gasteiger partial charge on any atom is -0.480 e. The number of carbonyl (C=O) groups excluding carboxylic acids is 1. The molecule has 134 valence electrons. The van der Waals surface area contributed by atoms with Crippen LogP contribution in [0.2, 0.25) is 0 Å². The van der Waals surface area contributed by atoms with Crippen molar-refractivity contribution in [3.63, 3.8) is 0 Å². The maximum atomic E-state index is 12.3. The third-order valence-corrected chi connectivity index (χ3v) is 6.30. The van der Waals surface area contributed by atoms with Gasteiger partial charge in [0.05, 0.1) is 23.3 Å². The summed E-state index contributed by atoms with van der Waals surface area (Å²) in [7, 11) is -1.71. The van der Waals surface area contributed by atoms with Crippen LogP contribution in [0.3, 0.4) is 0 Å². The third-order valence-electron chi connectivity index (χ3n) is 4.54. The minimum absolute atomic E-state index is 0.170. The van der Waals surface area contributed by atoms with Crippen LogP contribution < -0.4 is 5.73 Å². The summed E-state index contributed by atoms with van der Waals surface area (Å²) in [5.74, 6) is -3.91. The zero-order valence-electron chi connectivity index (χ0n) is 13.2. The largest absolute Gasteiger partial charge is 0.480 e. The molecule has 2 rings (SSSR count). The Balaban J connectivity index is 2.21. The number of hydrogen-bond donors (Lipinski definition) is 4. The van der Waals surface area contributed by atoms with Crippen LogP contribution in [0.5, 0.6) is 0 Å². The highest BCUT2D eigenvalue weighted by atomic mass is 32.2. The Hall–Kier alpha value is -1.78. The van der Waals surface area contributed by atoms with Gasteiger partial charge in [-0.1, -0.05) is 0 Å². The summed E-state index contributed by atoms with van der Waals surface area (Å²) in [6, 6.07) is -1.79. The Labute approximate surface area is 140 Å². The van der Waals surface area contributed by atoms with Crippen LogP contribution in [-0.2, 0) is 25.2 Å². The van der Waals surface area contributed by atoms with Gasteiger partial charge in [-0.05, 0) is 25.8 Å². The van der Waals surface area contributed by atoms with Crippen molar-refractivity contribution in [2.24, 2.45) is 11.7 Å². The Kier molecular flexibility index (Phi) is 5.11. The lowest BCUT2D eigenvalue weighted by Crippen LogP contribution is -2.61. The Morgan fingerprint density at radius 1 is 1.38 bits per heavy atom. The Morgan fingerprint density at radius 3 is 2.42 bits per heavy atom. The average Bonchev–Trinajstić information content (AvgIpc) is 2.79. The van der Waals surface area contributed by atoms with E-state index in [0.29, 0.717) is 5.57 Å². The average molecular weight is 360 g/mol. The molecule has 0 aromatic rings. The first-order valence-electron chi connectivity index (χ1n) is 7.39. The molecule has 0 aromatic carbocycles. The molecule has 5 N–H and O–H groups in total. The number of rotatable bonds is 7. The molecular weight excluding hydrogens is 340 g/mol. The molecule has 0 aliphatic carbocycles. The minimum atomic E-state index is -1.71. The van der Waals surface area contributed by atoms with Gasteiger partial charge in [-0.3, -0.25) is 13.8 Å². The number of aliphatic hydroxyl groups is 1. The zero-order valence-corrected chi connectivity index (χ0v) is 14.0. The monoisotopic (exact) mass is 360 g/mol. The van der Waals surface area contributed by atoms with E-state index in [1.165, 1.54) is 13.8 Å². The topological polar surface area (TPSA) is 158 Å². The molecule has 0 saturated carbocycles. The molecule has 10 heteroatoms. The van der Waals surface area contributed by atoms with Crippen LogP contribution in [0.15, 0.2) is 11.3 Å². The molecule has 1 amide bonds. The van der Waals surface area contributed by atoms with E-state index in [1.54, 1.807) is 0 Å². The van der Waals surface area contributed by atoms with Gasteiger partial charge in [0.2, 0.25) is 5.91 Å². The highest BCUT2D eigenvalue weighted by Crippen LogP contribution is 2.43. The van der Waals surface area contributed by atoms with Crippen molar-refractivity contribution in [2.45, 2.75) is 43.7 Å². The molecule has 1 saturated heterocycles. The molecule has 0 radical (unpaired) electrons. The first-order valence-corrected chi connectivity index (χ1v) is 8.78. The van der Waals surface area contributed by atoms with Crippen molar-refractivity contribution in [3.8, 4) is 0 Å². The lowest BCUT2D eigenvalue weighted by molar-refractivity contribution is -0.161. The fourth-order valence-electron chi connectivity index (χ4n) is 3.16. The van der Waals surface area contributed by atoms with Crippen molar-refractivity contribution >= 4 is 28.6 Å². The van der Waals surface area contributed by atoms with Gasteiger partial charge in [0, 0.05) is 16.6 Å². The van der Waals surface area contributed by atoms with Gasteiger partial charge in [0.25, 0.3) is 0 Å². The summed E-state index contributed by atoms with van der Waals surface area (Å²) < 4.78 is 12.3. The second-order valence-electron chi connectivity index (χ2n) is 6.10. The van der Waals surface area contributed by atoms with Crippen LogP contribution in [0.4, 0.5) is 0 Å². The predicted molar refractivity (Wildman–Crippen MR) is 83.2 cm³/mol. The smallest absolute Gasteiger partial charge is 0.352 e. The standard InChI is InChI=1S/C14H20N2O7S/c1-5(17)9-8-3-7(11(14(21)22)16(8)12(9)18)4-24(23)6(2)10(15)13(19)20/h5-6,8-10,17H,3-4,15H2,1-2H3,(H,19,20)(H,21,22). The quantitative estimate of drug-likeness (QED) is 0.399. The molecule has 0 spiro atoms. The first kappa shape index (κ1) is 18.6. The first-order chi connectivity index (χ1) is 11.1. The van der Waals surface area contributed by atoms with Crippen molar-refractivity contribution in [3.05, 3.63) is 11.3 Å². The lowest BCUT2D eigenvalue weighted by atomic mass is 9.83. The number of nitrogens with two attached hydrogens (primary N) is 1. The fourth-order valence-corrected chi connectivity index (χ4v) is 4.46. The van der Waals surface area contributed by atoms with E-state index in [9.17, 15) is 28.8 Å². The SMILES string of the molecule is CC(O)C1C(=O)N2C(C(=O)O)=C(CS(=O)C(C)C(N)C(=O)O)CC12. The van der Waals surface area contributed by atoms with Gasteiger partial charge in [-0.15, -0.1) is 0 Å². The summed E-state index contributed by atoms with van der Waals surface area (Å²) in [5, 5.41) is 27.0. The van der Waals surface area contributed by atoms with Gasteiger partial charge < -0.3 is 26.0 Å². The van der Waals surface area contributed by atoms with Gasteiger partial charge in [0.15, 0.2) is 0 Å². The Bertz CT molecular complexity index is 645. The van der Waals surface area contributed by atoms with Gasteiger partial charge in [-0.2, -0.15) is 0 Å². The second-order valence-corrected chi connectivity index (χ2v) is 7.89. The highest BCUT2D eigenvalue weighted by molar-refractivity contribution is 7.85.